The first-order chi connectivity index (χ1) is 9.47. The quantitative estimate of drug-likeness (QED) is 0.930. The first kappa shape index (κ1) is 14.0. The summed E-state index contributed by atoms with van der Waals surface area (Å²) in [6.07, 6.45) is 2.84. The Labute approximate surface area is 115 Å². The molecule has 0 bridgehead atoms. The highest BCUT2D eigenvalue weighted by molar-refractivity contribution is 7.92. The fourth-order valence-corrected chi connectivity index (χ4v) is 2.83. The van der Waals surface area contributed by atoms with Crippen molar-refractivity contribution in [1.29, 1.82) is 5.26 Å². The first-order valence-corrected chi connectivity index (χ1v) is 7.20. The van der Waals surface area contributed by atoms with Crippen LogP contribution in [0.25, 0.3) is 0 Å². The molecule has 0 unspecified atom stereocenters. The summed E-state index contributed by atoms with van der Waals surface area (Å²) in [5.41, 5.74) is -0.261. The number of nitrogens with one attached hydrogen (secondary N) is 1. The van der Waals surface area contributed by atoms with Crippen LogP contribution in [-0.4, -0.2) is 18.2 Å². The van der Waals surface area contributed by atoms with Crippen LogP contribution in [0.1, 0.15) is 12.5 Å². The SMILES string of the molecule is CCn1cc(NS(=O)(=O)c2cccc(F)c2C#N)cn1. The molecule has 6 nitrogen and oxygen atoms in total. The van der Waals surface area contributed by atoms with Crippen LogP contribution in [-0.2, 0) is 16.6 Å². The van der Waals surface area contributed by atoms with E-state index in [1.165, 1.54) is 29.2 Å². The lowest BCUT2D eigenvalue weighted by atomic mass is 10.2. The summed E-state index contributed by atoms with van der Waals surface area (Å²) in [6, 6.07) is 5.00. The molecule has 0 aliphatic heterocycles. The number of hydrogen-bond acceptors (Lipinski definition) is 4. The number of aryl methyl sites for hydroxylation is 1. The minimum absolute atomic E-state index is 0.250. The van der Waals surface area contributed by atoms with Crippen molar-refractivity contribution in [1.82, 2.24) is 9.78 Å². The predicted octanol–water partition coefficient (Wildman–Crippen LogP) is 1.71. The van der Waals surface area contributed by atoms with Gasteiger partial charge < -0.3 is 0 Å². The molecule has 20 heavy (non-hydrogen) atoms. The summed E-state index contributed by atoms with van der Waals surface area (Å²) in [5.74, 6) is -0.875. The van der Waals surface area contributed by atoms with Crippen LogP contribution in [0, 0.1) is 17.1 Å². The number of nitrogens with zero attached hydrogens (tertiary/aromatic N) is 3. The first-order valence-electron chi connectivity index (χ1n) is 5.72. The lowest BCUT2D eigenvalue weighted by Gasteiger charge is -2.07. The van der Waals surface area contributed by atoms with Gasteiger partial charge in [0.2, 0.25) is 0 Å². The third-order valence-electron chi connectivity index (χ3n) is 2.59. The van der Waals surface area contributed by atoms with E-state index in [4.69, 9.17) is 5.26 Å². The van der Waals surface area contributed by atoms with E-state index >= 15 is 0 Å². The molecular weight excluding hydrogens is 283 g/mol. The average Bonchev–Trinajstić information content (AvgIpc) is 2.85. The van der Waals surface area contributed by atoms with Crippen molar-refractivity contribution in [3.8, 4) is 6.07 Å². The molecule has 2 aromatic rings. The van der Waals surface area contributed by atoms with Gasteiger partial charge in [-0.3, -0.25) is 9.40 Å². The molecule has 0 saturated heterocycles. The maximum Gasteiger partial charge on any atom is 0.263 e. The van der Waals surface area contributed by atoms with Gasteiger partial charge in [-0.25, -0.2) is 12.8 Å². The summed E-state index contributed by atoms with van der Waals surface area (Å²) in [7, 11) is -4.04. The molecule has 0 aliphatic rings. The molecule has 0 saturated carbocycles. The Bertz CT molecular complexity index is 777. The van der Waals surface area contributed by atoms with E-state index < -0.39 is 26.3 Å². The minimum Gasteiger partial charge on any atom is -0.276 e. The average molecular weight is 294 g/mol. The molecule has 104 valence electrons. The van der Waals surface area contributed by atoms with Gasteiger partial charge in [-0.15, -0.1) is 0 Å². The molecule has 1 aromatic carbocycles. The van der Waals surface area contributed by atoms with Crippen molar-refractivity contribution >= 4 is 15.7 Å². The molecule has 1 heterocycles. The Morgan fingerprint density at radius 1 is 1.50 bits per heavy atom. The number of rotatable bonds is 4. The molecule has 0 radical (unpaired) electrons. The van der Waals surface area contributed by atoms with Crippen LogP contribution in [0.2, 0.25) is 0 Å². The third kappa shape index (κ3) is 2.62. The lowest BCUT2D eigenvalue weighted by Crippen LogP contribution is -2.14. The van der Waals surface area contributed by atoms with Crippen LogP contribution in [0.3, 0.4) is 0 Å². The Kier molecular flexibility index (Phi) is 3.72. The monoisotopic (exact) mass is 294 g/mol. The van der Waals surface area contributed by atoms with Gasteiger partial charge in [-0.1, -0.05) is 6.07 Å². The van der Waals surface area contributed by atoms with Crippen LogP contribution in [0.4, 0.5) is 10.1 Å². The van der Waals surface area contributed by atoms with Gasteiger partial charge >= 0.3 is 0 Å². The highest BCUT2D eigenvalue weighted by atomic mass is 32.2. The van der Waals surface area contributed by atoms with Gasteiger partial charge in [0.05, 0.1) is 11.9 Å². The van der Waals surface area contributed by atoms with Crippen LogP contribution in [0.15, 0.2) is 35.5 Å². The van der Waals surface area contributed by atoms with E-state index in [2.05, 4.69) is 9.82 Å². The van der Waals surface area contributed by atoms with Gasteiger partial charge in [-0.2, -0.15) is 10.4 Å². The van der Waals surface area contributed by atoms with E-state index in [-0.39, 0.29) is 5.69 Å². The number of anilines is 1. The third-order valence-corrected chi connectivity index (χ3v) is 4.01. The molecule has 1 aromatic heterocycles. The summed E-state index contributed by atoms with van der Waals surface area (Å²) in [4.78, 5) is -0.399. The second kappa shape index (κ2) is 5.30. The number of aromatic nitrogens is 2. The molecule has 0 spiro atoms. The van der Waals surface area contributed by atoms with Gasteiger partial charge in [0.25, 0.3) is 10.0 Å². The van der Waals surface area contributed by atoms with Crippen molar-refractivity contribution in [2.75, 3.05) is 4.72 Å². The van der Waals surface area contributed by atoms with Gasteiger partial charge in [0.1, 0.15) is 22.3 Å². The molecule has 8 heteroatoms. The van der Waals surface area contributed by atoms with Crippen molar-refractivity contribution in [2.24, 2.45) is 0 Å². The Hall–Kier alpha value is -2.40. The molecule has 0 fully saturated rings. The van der Waals surface area contributed by atoms with E-state index in [9.17, 15) is 12.8 Å². The number of sulfonamides is 1. The van der Waals surface area contributed by atoms with E-state index in [0.29, 0.717) is 6.54 Å². The van der Waals surface area contributed by atoms with Crippen molar-refractivity contribution < 1.29 is 12.8 Å². The summed E-state index contributed by atoms with van der Waals surface area (Å²) in [5, 5.41) is 12.8. The number of benzene rings is 1. The Morgan fingerprint density at radius 2 is 2.25 bits per heavy atom. The van der Waals surface area contributed by atoms with E-state index in [0.717, 1.165) is 6.07 Å². The normalized spacial score (nSPS) is 11.1. The zero-order valence-corrected chi connectivity index (χ0v) is 11.4. The molecule has 0 amide bonds. The zero-order valence-electron chi connectivity index (χ0n) is 10.5. The van der Waals surface area contributed by atoms with Crippen molar-refractivity contribution in [3.63, 3.8) is 0 Å². The summed E-state index contributed by atoms with van der Waals surface area (Å²) >= 11 is 0. The van der Waals surface area contributed by atoms with Crippen LogP contribution >= 0.6 is 0 Å². The fourth-order valence-electron chi connectivity index (χ4n) is 1.64. The summed E-state index contributed by atoms with van der Waals surface area (Å²) in [6.45, 7) is 2.44. The molecule has 0 atom stereocenters. The lowest BCUT2D eigenvalue weighted by molar-refractivity contribution is 0.593. The van der Waals surface area contributed by atoms with Crippen molar-refractivity contribution in [3.05, 3.63) is 42.0 Å². The second-order valence-corrected chi connectivity index (χ2v) is 5.57. The molecule has 2 rings (SSSR count). The molecule has 1 N–H and O–H groups in total. The van der Waals surface area contributed by atoms with E-state index in [1.807, 2.05) is 6.92 Å². The Balaban J connectivity index is 2.41. The molecular formula is C12H11FN4O2S. The largest absolute Gasteiger partial charge is 0.276 e. The maximum absolute atomic E-state index is 13.4. The standard InChI is InChI=1S/C12H11FN4O2S/c1-2-17-8-9(7-15-17)16-20(18,19)12-5-3-4-11(13)10(12)6-14/h3-5,7-8,16H,2H2,1H3. The van der Waals surface area contributed by atoms with Crippen LogP contribution < -0.4 is 4.72 Å². The van der Waals surface area contributed by atoms with Gasteiger partial charge in [0.15, 0.2) is 0 Å². The van der Waals surface area contributed by atoms with Gasteiger partial charge in [-0.05, 0) is 19.1 Å². The maximum atomic E-state index is 13.4. The zero-order chi connectivity index (χ0) is 14.8. The highest BCUT2D eigenvalue weighted by Gasteiger charge is 2.21. The smallest absolute Gasteiger partial charge is 0.263 e. The predicted molar refractivity (Wildman–Crippen MR) is 69.8 cm³/mol. The second-order valence-electron chi connectivity index (χ2n) is 3.91. The van der Waals surface area contributed by atoms with E-state index in [1.54, 1.807) is 6.07 Å². The van der Waals surface area contributed by atoms with Crippen molar-refractivity contribution in [2.45, 2.75) is 18.4 Å². The topological polar surface area (TPSA) is 87.8 Å². The van der Waals surface area contributed by atoms with Gasteiger partial charge in [0, 0.05) is 12.7 Å². The minimum atomic E-state index is -4.04. The summed E-state index contributed by atoms with van der Waals surface area (Å²) < 4.78 is 41.6. The van der Waals surface area contributed by atoms with Crippen LogP contribution in [0.5, 0.6) is 0 Å². The highest BCUT2D eigenvalue weighted by Crippen LogP contribution is 2.21. The number of nitriles is 1. The fraction of sp³-hybridized carbons (Fsp3) is 0.167. The number of hydrogen-bond donors (Lipinski definition) is 1. The molecule has 0 aliphatic carbocycles. The number of halogens is 1. The Morgan fingerprint density at radius 3 is 2.85 bits per heavy atom.